The molecule has 6 nitrogen and oxygen atoms in total. The van der Waals surface area contributed by atoms with Gasteiger partial charge in [0.2, 0.25) is 0 Å². The molecular formula is C19H25N5OS. The molecule has 0 aliphatic heterocycles. The summed E-state index contributed by atoms with van der Waals surface area (Å²) in [5.74, 6) is 0.290. The maximum atomic E-state index is 5.81. The molecular weight excluding hydrogens is 346 g/mol. The van der Waals surface area contributed by atoms with E-state index >= 15 is 0 Å². The summed E-state index contributed by atoms with van der Waals surface area (Å²) in [5.41, 5.74) is 8.16. The lowest BCUT2D eigenvalue weighted by molar-refractivity contribution is 0.128. The van der Waals surface area contributed by atoms with Crippen molar-refractivity contribution in [1.29, 1.82) is 0 Å². The van der Waals surface area contributed by atoms with E-state index in [1.807, 2.05) is 42.6 Å². The molecule has 7 heteroatoms. The van der Waals surface area contributed by atoms with E-state index in [1.165, 1.54) is 5.56 Å². The Morgan fingerprint density at radius 2 is 1.96 bits per heavy atom. The molecule has 0 unspecified atom stereocenters. The monoisotopic (exact) mass is 371 g/mol. The number of thiocarbonyl (C=S) groups is 1. The first kappa shape index (κ1) is 19.8. The minimum absolute atomic E-state index is 0.290. The molecule has 0 fully saturated rings. The summed E-state index contributed by atoms with van der Waals surface area (Å²) < 4.78 is 5.55. The van der Waals surface area contributed by atoms with Crippen LogP contribution in [0.15, 0.2) is 59.9 Å². The Kier molecular flexibility index (Phi) is 9.10. The fourth-order valence-electron chi connectivity index (χ4n) is 2.24. The summed E-state index contributed by atoms with van der Waals surface area (Å²) >= 11 is 5.20. The van der Waals surface area contributed by atoms with Crippen molar-refractivity contribution in [2.75, 3.05) is 19.7 Å². The quantitative estimate of drug-likeness (QED) is 0.271. The predicted molar refractivity (Wildman–Crippen MR) is 109 cm³/mol. The molecule has 0 saturated heterocycles. The van der Waals surface area contributed by atoms with E-state index in [4.69, 9.17) is 22.7 Å². The van der Waals surface area contributed by atoms with Gasteiger partial charge in [0, 0.05) is 18.9 Å². The number of nitrogens with zero attached hydrogens (tertiary/aromatic N) is 2. The van der Waals surface area contributed by atoms with Gasteiger partial charge < -0.3 is 21.1 Å². The van der Waals surface area contributed by atoms with E-state index in [1.54, 1.807) is 6.20 Å². The van der Waals surface area contributed by atoms with Crippen LogP contribution >= 0.6 is 12.2 Å². The van der Waals surface area contributed by atoms with Crippen LogP contribution in [0.3, 0.4) is 0 Å². The van der Waals surface area contributed by atoms with Gasteiger partial charge in [0.15, 0.2) is 11.1 Å². The molecule has 0 bridgehead atoms. The van der Waals surface area contributed by atoms with E-state index in [-0.39, 0.29) is 5.96 Å². The number of hydrogen-bond acceptors (Lipinski definition) is 4. The highest BCUT2D eigenvalue weighted by Gasteiger charge is 1.99. The highest BCUT2D eigenvalue weighted by molar-refractivity contribution is 7.80. The highest BCUT2D eigenvalue weighted by atomic mass is 32.1. The number of nitrogens with one attached hydrogen (secondary N) is 2. The Balaban J connectivity index is 1.52. The first-order chi connectivity index (χ1) is 12.7. The number of aliphatic imine (C=N–C) groups is 1. The first-order valence-electron chi connectivity index (χ1n) is 8.59. The second-order valence-electron chi connectivity index (χ2n) is 5.65. The fourth-order valence-corrected chi connectivity index (χ4v) is 2.44. The second-order valence-corrected chi connectivity index (χ2v) is 6.06. The van der Waals surface area contributed by atoms with Gasteiger partial charge in [0.05, 0.1) is 19.8 Å². The van der Waals surface area contributed by atoms with Crippen LogP contribution in [-0.2, 0) is 17.8 Å². The zero-order chi connectivity index (χ0) is 18.5. The van der Waals surface area contributed by atoms with E-state index in [2.05, 4.69) is 26.7 Å². The van der Waals surface area contributed by atoms with Crippen LogP contribution in [0.25, 0.3) is 0 Å². The fraction of sp³-hybridized carbons (Fsp3) is 0.316. The lowest BCUT2D eigenvalue weighted by atomic mass is 10.2. The molecule has 26 heavy (non-hydrogen) atoms. The zero-order valence-corrected chi connectivity index (χ0v) is 15.5. The van der Waals surface area contributed by atoms with Gasteiger partial charge in [0.1, 0.15) is 0 Å². The predicted octanol–water partition coefficient (Wildman–Crippen LogP) is 2.01. The topological polar surface area (TPSA) is 84.6 Å². The van der Waals surface area contributed by atoms with Gasteiger partial charge in [-0.2, -0.15) is 0 Å². The van der Waals surface area contributed by atoms with Crippen molar-refractivity contribution in [2.24, 2.45) is 10.7 Å². The number of nitrogens with two attached hydrogens (primary N) is 1. The zero-order valence-electron chi connectivity index (χ0n) is 14.7. The smallest absolute Gasteiger partial charge is 0.194 e. The molecule has 0 saturated carbocycles. The molecule has 0 spiro atoms. The molecule has 0 atom stereocenters. The van der Waals surface area contributed by atoms with Gasteiger partial charge in [-0.15, -0.1) is 0 Å². The van der Waals surface area contributed by atoms with E-state index in [9.17, 15) is 0 Å². The van der Waals surface area contributed by atoms with Crippen molar-refractivity contribution in [2.45, 2.75) is 19.4 Å². The summed E-state index contributed by atoms with van der Waals surface area (Å²) in [6, 6.07) is 14.0. The number of aryl methyl sites for hydroxylation is 1. The third-order valence-corrected chi connectivity index (χ3v) is 3.77. The Labute approximate surface area is 159 Å². The average molecular weight is 372 g/mol. The minimum atomic E-state index is 0.290. The number of pyridine rings is 1. The van der Waals surface area contributed by atoms with Crippen LogP contribution in [-0.4, -0.2) is 35.8 Å². The van der Waals surface area contributed by atoms with Crippen molar-refractivity contribution in [1.82, 2.24) is 15.6 Å². The summed E-state index contributed by atoms with van der Waals surface area (Å²) in [5, 5.41) is 6.46. The van der Waals surface area contributed by atoms with Crippen LogP contribution in [0, 0.1) is 0 Å². The maximum Gasteiger partial charge on any atom is 0.194 e. The molecule has 1 heterocycles. The van der Waals surface area contributed by atoms with Crippen LogP contribution in [0.5, 0.6) is 0 Å². The van der Waals surface area contributed by atoms with Gasteiger partial charge in [-0.3, -0.25) is 9.98 Å². The van der Waals surface area contributed by atoms with Gasteiger partial charge in [-0.25, -0.2) is 0 Å². The normalized spacial score (nSPS) is 11.2. The molecule has 4 N–H and O–H groups in total. The van der Waals surface area contributed by atoms with E-state index < -0.39 is 0 Å². The van der Waals surface area contributed by atoms with Crippen LogP contribution in [0.1, 0.15) is 17.5 Å². The van der Waals surface area contributed by atoms with Crippen molar-refractivity contribution in [3.05, 3.63) is 66.0 Å². The maximum absolute atomic E-state index is 5.81. The molecule has 138 valence electrons. The Bertz CT molecular complexity index is 679. The minimum Gasteiger partial charge on any atom is -0.375 e. The third-order valence-electron chi connectivity index (χ3n) is 3.52. The molecule has 0 aliphatic carbocycles. The van der Waals surface area contributed by atoms with Crippen molar-refractivity contribution in [3.8, 4) is 0 Å². The number of benzene rings is 1. The largest absolute Gasteiger partial charge is 0.375 e. The summed E-state index contributed by atoms with van der Waals surface area (Å²) in [7, 11) is 0. The van der Waals surface area contributed by atoms with Crippen LogP contribution in [0.4, 0.5) is 0 Å². The van der Waals surface area contributed by atoms with Crippen LogP contribution in [0.2, 0.25) is 0 Å². The van der Waals surface area contributed by atoms with Crippen molar-refractivity contribution in [3.63, 3.8) is 0 Å². The molecule has 0 amide bonds. The molecule has 2 aromatic rings. The van der Waals surface area contributed by atoms with Crippen LogP contribution < -0.4 is 16.4 Å². The van der Waals surface area contributed by atoms with Crippen molar-refractivity contribution < 1.29 is 4.74 Å². The van der Waals surface area contributed by atoms with Gasteiger partial charge in [-0.05, 0) is 42.3 Å². The molecule has 0 radical (unpaired) electrons. The van der Waals surface area contributed by atoms with Gasteiger partial charge in [0.25, 0.3) is 0 Å². The van der Waals surface area contributed by atoms with Crippen molar-refractivity contribution >= 4 is 23.3 Å². The summed E-state index contributed by atoms with van der Waals surface area (Å²) in [4.78, 5) is 8.29. The van der Waals surface area contributed by atoms with E-state index in [0.717, 1.165) is 24.9 Å². The van der Waals surface area contributed by atoms with Gasteiger partial charge >= 0.3 is 0 Å². The number of guanidine groups is 1. The van der Waals surface area contributed by atoms with Gasteiger partial charge in [-0.1, -0.05) is 36.4 Å². The Morgan fingerprint density at radius 1 is 1.15 bits per heavy atom. The van der Waals surface area contributed by atoms with E-state index in [0.29, 0.717) is 24.9 Å². The molecule has 1 aromatic carbocycles. The second kappa shape index (κ2) is 11.9. The number of aromatic nitrogens is 1. The lowest BCUT2D eigenvalue weighted by Gasteiger charge is -2.10. The highest BCUT2D eigenvalue weighted by Crippen LogP contribution is 2.00. The number of ether oxygens (including phenoxy) is 1. The first-order valence-corrected chi connectivity index (χ1v) is 9.00. The summed E-state index contributed by atoms with van der Waals surface area (Å²) in [6.45, 7) is 2.31. The third kappa shape index (κ3) is 8.55. The molecule has 1 aromatic heterocycles. The number of hydrogen-bond donors (Lipinski definition) is 3. The molecule has 2 rings (SSSR count). The Morgan fingerprint density at radius 3 is 2.73 bits per heavy atom. The Hall–Kier alpha value is -2.51. The number of rotatable bonds is 9. The standard InChI is InChI=1S/C19H25N5OS/c20-18(22-12-13-25-15-17-6-2-1-3-7-17)24-19(26)23-11-5-9-16-8-4-10-21-14-16/h1-4,6-8,10,14H,5,9,11-13,15H2,(H4,20,22,23,24,26). The average Bonchev–Trinajstić information content (AvgIpc) is 2.66. The SMILES string of the molecule is NC(=NCCOCc1ccccc1)NC(=S)NCCCc1cccnc1. The molecule has 0 aliphatic rings. The lowest BCUT2D eigenvalue weighted by Crippen LogP contribution is -2.43. The summed E-state index contributed by atoms with van der Waals surface area (Å²) in [6.07, 6.45) is 5.56.